The molecule has 2 aromatic rings. The van der Waals surface area contributed by atoms with Gasteiger partial charge in [0.05, 0.1) is 6.54 Å². The summed E-state index contributed by atoms with van der Waals surface area (Å²) < 4.78 is 40.2. The van der Waals surface area contributed by atoms with Crippen LogP contribution in [0.5, 0.6) is 0 Å². The smallest absolute Gasteiger partial charge is 0.396 e. The maximum absolute atomic E-state index is 13.0. The van der Waals surface area contributed by atoms with Gasteiger partial charge in [0, 0.05) is 23.9 Å². The summed E-state index contributed by atoms with van der Waals surface area (Å²) in [7, 11) is 0. The lowest BCUT2D eigenvalue weighted by atomic mass is 10.1. The first-order valence-corrected chi connectivity index (χ1v) is 6.94. The Morgan fingerprint density at radius 1 is 1.35 bits per heavy atom. The van der Waals surface area contributed by atoms with E-state index in [1.165, 1.54) is 23.0 Å². The van der Waals surface area contributed by atoms with Crippen LogP contribution in [0.1, 0.15) is 33.6 Å². The summed E-state index contributed by atoms with van der Waals surface area (Å²) >= 11 is 0. The van der Waals surface area contributed by atoms with E-state index in [0.717, 1.165) is 0 Å². The predicted octanol–water partition coefficient (Wildman–Crippen LogP) is 1.97. The van der Waals surface area contributed by atoms with Crippen LogP contribution in [0.4, 0.5) is 13.2 Å². The zero-order valence-electron chi connectivity index (χ0n) is 12.2. The molecule has 0 aliphatic carbocycles. The van der Waals surface area contributed by atoms with Crippen LogP contribution in [-0.2, 0) is 19.1 Å². The van der Waals surface area contributed by atoms with Gasteiger partial charge in [-0.1, -0.05) is 12.1 Å². The molecule has 8 heteroatoms. The Hall–Kier alpha value is -2.35. The Kier molecular flexibility index (Phi) is 5.05. The molecule has 1 aromatic carbocycles. The fraction of sp³-hybridized carbons (Fsp3) is 0.333. The molecule has 0 fully saturated rings. The predicted molar refractivity (Wildman–Crippen MR) is 76.7 cm³/mol. The number of aromatic nitrogens is 2. The van der Waals surface area contributed by atoms with Crippen LogP contribution in [-0.4, -0.2) is 27.4 Å². The van der Waals surface area contributed by atoms with Crippen LogP contribution < -0.4 is 5.73 Å². The standard InChI is InChI=1S/C15H16F3N3O2/c16-15(17,18)13-12(5-2-6-22)9-21(20-13)8-10-3-1-4-11(7-10)14(19)23/h1,3-4,7,9,22H,2,5-6,8H2,(H2,19,23). The lowest BCUT2D eigenvalue weighted by molar-refractivity contribution is -0.142. The molecule has 0 aliphatic rings. The van der Waals surface area contributed by atoms with Crippen LogP contribution in [0.15, 0.2) is 30.5 Å². The van der Waals surface area contributed by atoms with E-state index in [2.05, 4.69) is 5.10 Å². The van der Waals surface area contributed by atoms with Gasteiger partial charge >= 0.3 is 6.18 Å². The Labute approximate surface area is 130 Å². The van der Waals surface area contributed by atoms with E-state index in [1.54, 1.807) is 12.1 Å². The van der Waals surface area contributed by atoms with Crippen molar-refractivity contribution < 1.29 is 23.1 Å². The number of primary amides is 1. The van der Waals surface area contributed by atoms with Crippen molar-refractivity contribution in [2.24, 2.45) is 5.73 Å². The summed E-state index contributed by atoms with van der Waals surface area (Å²) in [6.07, 6.45) is -2.92. The van der Waals surface area contributed by atoms with Gasteiger partial charge in [0.1, 0.15) is 0 Å². The third-order valence-electron chi connectivity index (χ3n) is 3.27. The fourth-order valence-electron chi connectivity index (χ4n) is 2.24. The highest BCUT2D eigenvalue weighted by Gasteiger charge is 2.36. The monoisotopic (exact) mass is 327 g/mol. The lowest BCUT2D eigenvalue weighted by Crippen LogP contribution is -2.12. The first-order chi connectivity index (χ1) is 10.8. The summed E-state index contributed by atoms with van der Waals surface area (Å²) in [5.74, 6) is -0.605. The Bertz CT molecular complexity index is 696. The van der Waals surface area contributed by atoms with Crippen LogP contribution in [0, 0.1) is 0 Å². The second-order valence-electron chi connectivity index (χ2n) is 5.09. The number of nitrogens with two attached hydrogens (primary N) is 1. The number of alkyl halides is 3. The number of nitrogens with zero attached hydrogens (tertiary/aromatic N) is 2. The number of aliphatic hydroxyl groups excluding tert-OH is 1. The van der Waals surface area contributed by atoms with E-state index in [9.17, 15) is 18.0 Å². The van der Waals surface area contributed by atoms with Crippen molar-refractivity contribution >= 4 is 5.91 Å². The number of amides is 1. The summed E-state index contributed by atoms with van der Waals surface area (Å²) in [6, 6.07) is 6.33. The highest BCUT2D eigenvalue weighted by Crippen LogP contribution is 2.31. The Morgan fingerprint density at radius 3 is 2.70 bits per heavy atom. The number of rotatable bonds is 6. The minimum Gasteiger partial charge on any atom is -0.396 e. The van der Waals surface area contributed by atoms with Crippen LogP contribution >= 0.6 is 0 Å². The number of aryl methyl sites for hydroxylation is 1. The summed E-state index contributed by atoms with van der Waals surface area (Å²) in [5.41, 5.74) is 5.18. The van der Waals surface area contributed by atoms with Crippen molar-refractivity contribution in [3.05, 3.63) is 52.8 Å². The molecule has 0 aliphatic heterocycles. The zero-order chi connectivity index (χ0) is 17.0. The van der Waals surface area contributed by atoms with Crippen molar-refractivity contribution in [3.8, 4) is 0 Å². The highest BCUT2D eigenvalue weighted by atomic mass is 19.4. The largest absolute Gasteiger partial charge is 0.435 e. The maximum Gasteiger partial charge on any atom is 0.435 e. The van der Waals surface area contributed by atoms with Crippen LogP contribution in [0.2, 0.25) is 0 Å². The van der Waals surface area contributed by atoms with E-state index in [4.69, 9.17) is 10.8 Å². The van der Waals surface area contributed by atoms with Gasteiger partial charge in [-0.2, -0.15) is 18.3 Å². The third kappa shape index (κ3) is 4.32. The van der Waals surface area contributed by atoms with Gasteiger partial charge in [0.15, 0.2) is 5.69 Å². The number of halogens is 3. The highest BCUT2D eigenvalue weighted by molar-refractivity contribution is 5.92. The van der Waals surface area contributed by atoms with Gasteiger partial charge in [-0.15, -0.1) is 0 Å². The van der Waals surface area contributed by atoms with Crippen LogP contribution in [0.25, 0.3) is 0 Å². The first-order valence-electron chi connectivity index (χ1n) is 6.94. The molecule has 0 unspecified atom stereocenters. The molecule has 0 saturated carbocycles. The molecule has 3 N–H and O–H groups in total. The molecular weight excluding hydrogens is 311 g/mol. The number of aliphatic hydroxyl groups is 1. The van der Waals surface area contributed by atoms with E-state index in [1.807, 2.05) is 0 Å². The molecule has 0 bridgehead atoms. The van der Waals surface area contributed by atoms with Gasteiger partial charge in [-0.05, 0) is 30.5 Å². The number of hydrogen-bond donors (Lipinski definition) is 2. The van der Waals surface area contributed by atoms with E-state index < -0.39 is 17.8 Å². The van der Waals surface area contributed by atoms with Gasteiger partial charge in [-0.3, -0.25) is 9.48 Å². The van der Waals surface area contributed by atoms with E-state index >= 15 is 0 Å². The van der Waals surface area contributed by atoms with Crippen LogP contribution in [0.3, 0.4) is 0 Å². The van der Waals surface area contributed by atoms with Gasteiger partial charge < -0.3 is 10.8 Å². The number of benzene rings is 1. The minimum atomic E-state index is -4.55. The van der Waals surface area contributed by atoms with Crippen molar-refractivity contribution in [3.63, 3.8) is 0 Å². The topological polar surface area (TPSA) is 81.1 Å². The molecule has 0 atom stereocenters. The second kappa shape index (κ2) is 6.82. The van der Waals surface area contributed by atoms with E-state index in [-0.39, 0.29) is 37.1 Å². The molecule has 5 nitrogen and oxygen atoms in total. The third-order valence-corrected chi connectivity index (χ3v) is 3.27. The molecule has 23 heavy (non-hydrogen) atoms. The average Bonchev–Trinajstić information content (AvgIpc) is 2.88. The number of carbonyl (C=O) groups is 1. The average molecular weight is 327 g/mol. The molecule has 0 saturated heterocycles. The minimum absolute atomic E-state index is 0.0394. The van der Waals surface area contributed by atoms with Gasteiger partial charge in [0.25, 0.3) is 0 Å². The molecular formula is C15H16F3N3O2. The first kappa shape index (κ1) is 17.0. The van der Waals surface area contributed by atoms with Gasteiger partial charge in [-0.25, -0.2) is 0 Å². The molecule has 1 amide bonds. The SMILES string of the molecule is NC(=O)c1cccc(Cn2cc(CCCO)c(C(F)(F)F)n2)c1. The molecule has 124 valence electrons. The van der Waals surface area contributed by atoms with E-state index in [0.29, 0.717) is 5.56 Å². The molecule has 1 aromatic heterocycles. The van der Waals surface area contributed by atoms with Crippen molar-refractivity contribution in [1.29, 1.82) is 0 Å². The maximum atomic E-state index is 13.0. The molecule has 0 radical (unpaired) electrons. The van der Waals surface area contributed by atoms with Crippen molar-refractivity contribution in [2.45, 2.75) is 25.6 Å². The quantitative estimate of drug-likeness (QED) is 0.851. The van der Waals surface area contributed by atoms with Crippen molar-refractivity contribution in [1.82, 2.24) is 9.78 Å². The zero-order valence-corrected chi connectivity index (χ0v) is 12.2. The second-order valence-corrected chi connectivity index (χ2v) is 5.09. The summed E-state index contributed by atoms with van der Waals surface area (Å²) in [4.78, 5) is 11.1. The normalized spacial score (nSPS) is 11.7. The fourth-order valence-corrected chi connectivity index (χ4v) is 2.24. The van der Waals surface area contributed by atoms with Gasteiger partial charge in [0.2, 0.25) is 5.91 Å². The van der Waals surface area contributed by atoms with Crippen molar-refractivity contribution in [2.75, 3.05) is 6.61 Å². The lowest BCUT2D eigenvalue weighted by Gasteiger charge is -2.05. The number of carbonyl (C=O) groups excluding carboxylic acids is 1. The molecule has 1 heterocycles. The summed E-state index contributed by atoms with van der Waals surface area (Å²) in [6.45, 7) is -0.105. The molecule has 2 rings (SSSR count). The summed E-state index contributed by atoms with van der Waals surface area (Å²) in [5, 5.41) is 12.4. The molecule has 0 spiro atoms. The Balaban J connectivity index is 2.28. The Morgan fingerprint density at radius 2 is 2.09 bits per heavy atom. The number of hydrogen-bond acceptors (Lipinski definition) is 3.